The number of aromatic nitrogens is 3. The molecular formula is C25H31FN4O2. The molecule has 0 N–H and O–H groups in total. The van der Waals surface area contributed by atoms with E-state index in [2.05, 4.69) is 10.1 Å². The van der Waals surface area contributed by atoms with Crippen molar-refractivity contribution in [3.63, 3.8) is 0 Å². The van der Waals surface area contributed by atoms with Gasteiger partial charge in [0.2, 0.25) is 0 Å². The van der Waals surface area contributed by atoms with Gasteiger partial charge in [0.15, 0.2) is 5.58 Å². The van der Waals surface area contributed by atoms with E-state index < -0.39 is 0 Å². The van der Waals surface area contributed by atoms with Gasteiger partial charge in [-0.05, 0) is 90.1 Å². The van der Waals surface area contributed by atoms with E-state index in [1.807, 2.05) is 11.5 Å². The van der Waals surface area contributed by atoms with Gasteiger partial charge in [-0.3, -0.25) is 9.36 Å². The van der Waals surface area contributed by atoms with Crippen LogP contribution in [-0.4, -0.2) is 39.2 Å². The quantitative estimate of drug-likeness (QED) is 0.535. The molecule has 0 amide bonds. The molecule has 0 unspecified atom stereocenters. The van der Waals surface area contributed by atoms with E-state index >= 15 is 0 Å². The highest BCUT2D eigenvalue weighted by molar-refractivity contribution is 5.79. The van der Waals surface area contributed by atoms with Gasteiger partial charge in [0.1, 0.15) is 11.6 Å². The first-order chi connectivity index (χ1) is 15.6. The highest BCUT2D eigenvalue weighted by Crippen LogP contribution is 2.32. The molecule has 6 nitrogen and oxygen atoms in total. The fourth-order valence-electron chi connectivity index (χ4n) is 5.33. The molecule has 1 aliphatic heterocycles. The third-order valence-corrected chi connectivity index (χ3v) is 7.17. The summed E-state index contributed by atoms with van der Waals surface area (Å²) >= 11 is 0. The smallest absolute Gasteiger partial charge is 0.256 e. The molecular weight excluding hydrogens is 407 g/mol. The largest absolute Gasteiger partial charge is 0.356 e. The number of halogens is 1. The summed E-state index contributed by atoms with van der Waals surface area (Å²) in [5, 5.41) is 5.18. The van der Waals surface area contributed by atoms with Crippen molar-refractivity contribution in [3.05, 3.63) is 57.1 Å². The molecule has 170 valence electrons. The van der Waals surface area contributed by atoms with Crippen molar-refractivity contribution in [2.75, 3.05) is 19.6 Å². The summed E-state index contributed by atoms with van der Waals surface area (Å²) < 4.78 is 20.6. The van der Waals surface area contributed by atoms with E-state index in [9.17, 15) is 9.18 Å². The fraction of sp³-hybridized carbons (Fsp3) is 0.560. The minimum Gasteiger partial charge on any atom is -0.356 e. The second-order valence-electron chi connectivity index (χ2n) is 9.28. The van der Waals surface area contributed by atoms with Gasteiger partial charge in [0.05, 0.1) is 11.4 Å². The van der Waals surface area contributed by atoms with Gasteiger partial charge in [0.25, 0.3) is 5.56 Å². The summed E-state index contributed by atoms with van der Waals surface area (Å²) in [7, 11) is 0. The van der Waals surface area contributed by atoms with E-state index in [1.54, 1.807) is 6.07 Å². The summed E-state index contributed by atoms with van der Waals surface area (Å²) in [4.78, 5) is 20.1. The van der Waals surface area contributed by atoms with Gasteiger partial charge in [-0.25, -0.2) is 9.37 Å². The number of nitrogens with zero attached hydrogens (tertiary/aromatic N) is 4. The first kappa shape index (κ1) is 21.3. The Morgan fingerprint density at radius 3 is 2.75 bits per heavy atom. The summed E-state index contributed by atoms with van der Waals surface area (Å²) in [5.41, 5.74) is 3.67. The Balaban J connectivity index is 1.12. The van der Waals surface area contributed by atoms with Crippen LogP contribution in [0.2, 0.25) is 0 Å². The number of aryl methyl sites for hydroxylation is 2. The SMILES string of the molecule is Cc1nc2c(c(=O)n1CCCCN1CCC(c3noc4cc(F)ccc34)CC1)CCCC2. The molecule has 7 heteroatoms. The zero-order valence-corrected chi connectivity index (χ0v) is 18.8. The lowest BCUT2D eigenvalue weighted by atomic mass is 9.91. The Labute approximate surface area is 187 Å². The monoisotopic (exact) mass is 438 g/mol. The maximum absolute atomic E-state index is 13.4. The molecule has 3 aromatic rings. The number of rotatable bonds is 6. The molecule has 0 atom stereocenters. The molecule has 3 heterocycles. The van der Waals surface area contributed by atoms with E-state index in [0.717, 1.165) is 106 Å². The highest BCUT2D eigenvalue weighted by Gasteiger charge is 2.25. The molecule has 1 saturated heterocycles. The van der Waals surface area contributed by atoms with E-state index in [0.29, 0.717) is 11.5 Å². The van der Waals surface area contributed by atoms with Gasteiger partial charge in [0, 0.05) is 29.5 Å². The third-order valence-electron chi connectivity index (χ3n) is 7.17. The van der Waals surface area contributed by atoms with Gasteiger partial charge < -0.3 is 9.42 Å². The van der Waals surface area contributed by atoms with Crippen LogP contribution in [-0.2, 0) is 19.4 Å². The molecule has 2 aliphatic rings. The third kappa shape index (κ3) is 4.22. The van der Waals surface area contributed by atoms with Crippen molar-refractivity contribution in [2.45, 2.75) is 70.8 Å². The predicted octanol–water partition coefficient (Wildman–Crippen LogP) is 4.37. The average molecular weight is 439 g/mol. The second-order valence-corrected chi connectivity index (χ2v) is 9.28. The van der Waals surface area contributed by atoms with Crippen molar-refractivity contribution in [1.82, 2.24) is 19.6 Å². The van der Waals surface area contributed by atoms with Gasteiger partial charge in [-0.2, -0.15) is 0 Å². The highest BCUT2D eigenvalue weighted by atomic mass is 19.1. The average Bonchev–Trinajstić information content (AvgIpc) is 3.22. The van der Waals surface area contributed by atoms with Gasteiger partial charge in [-0.15, -0.1) is 0 Å². The van der Waals surface area contributed by atoms with Crippen molar-refractivity contribution < 1.29 is 8.91 Å². The molecule has 32 heavy (non-hydrogen) atoms. The van der Waals surface area contributed by atoms with Crippen LogP contribution in [0.1, 0.15) is 67.2 Å². The zero-order valence-electron chi connectivity index (χ0n) is 18.8. The predicted molar refractivity (Wildman–Crippen MR) is 121 cm³/mol. The molecule has 0 bridgehead atoms. The summed E-state index contributed by atoms with van der Waals surface area (Å²) in [6, 6.07) is 4.66. The molecule has 2 aromatic heterocycles. The van der Waals surface area contributed by atoms with Crippen molar-refractivity contribution in [3.8, 4) is 0 Å². The van der Waals surface area contributed by atoms with Crippen LogP contribution in [0.5, 0.6) is 0 Å². The Morgan fingerprint density at radius 1 is 1.12 bits per heavy atom. The number of hydrogen-bond acceptors (Lipinski definition) is 5. The summed E-state index contributed by atoms with van der Waals surface area (Å²) in [6.45, 7) is 5.81. The lowest BCUT2D eigenvalue weighted by Crippen LogP contribution is -2.34. The summed E-state index contributed by atoms with van der Waals surface area (Å²) in [6.07, 6.45) is 8.20. The van der Waals surface area contributed by atoms with Crippen molar-refractivity contribution in [2.24, 2.45) is 0 Å². The van der Waals surface area contributed by atoms with Gasteiger partial charge >= 0.3 is 0 Å². The minimum absolute atomic E-state index is 0.188. The number of unbranched alkanes of at least 4 members (excludes halogenated alkanes) is 1. The van der Waals surface area contributed by atoms with Crippen LogP contribution >= 0.6 is 0 Å². The molecule has 1 fully saturated rings. The molecule has 1 aliphatic carbocycles. The van der Waals surface area contributed by atoms with Crippen LogP contribution in [0.4, 0.5) is 4.39 Å². The number of hydrogen-bond donors (Lipinski definition) is 0. The lowest BCUT2D eigenvalue weighted by molar-refractivity contribution is 0.205. The van der Waals surface area contributed by atoms with Crippen molar-refractivity contribution in [1.29, 1.82) is 0 Å². The first-order valence-electron chi connectivity index (χ1n) is 12.0. The molecule has 0 spiro atoms. The van der Waals surface area contributed by atoms with Gasteiger partial charge in [-0.1, -0.05) is 5.16 Å². The standard InChI is InChI=1S/C25H31FN4O2/c1-17-27-22-7-3-2-6-20(22)25(31)30(17)13-5-4-12-29-14-10-18(11-15-29)24-21-9-8-19(26)16-23(21)32-28-24/h8-9,16,18H,2-7,10-15H2,1H3. The maximum Gasteiger partial charge on any atom is 0.256 e. The fourth-order valence-corrected chi connectivity index (χ4v) is 5.33. The Morgan fingerprint density at radius 2 is 1.91 bits per heavy atom. The Bertz CT molecular complexity index is 1160. The lowest BCUT2D eigenvalue weighted by Gasteiger charge is -2.31. The zero-order chi connectivity index (χ0) is 22.1. The summed E-state index contributed by atoms with van der Waals surface area (Å²) in [5.74, 6) is 0.926. The number of likely N-dealkylation sites (tertiary alicyclic amines) is 1. The van der Waals surface area contributed by atoms with E-state index in [1.165, 1.54) is 12.1 Å². The molecule has 0 saturated carbocycles. The van der Waals surface area contributed by atoms with Crippen LogP contribution < -0.4 is 5.56 Å². The minimum atomic E-state index is -0.293. The van der Waals surface area contributed by atoms with Crippen molar-refractivity contribution >= 4 is 11.0 Å². The molecule has 1 aromatic carbocycles. The van der Waals surface area contributed by atoms with E-state index in [4.69, 9.17) is 9.51 Å². The Hall–Kier alpha value is -2.54. The van der Waals surface area contributed by atoms with Crippen LogP contribution in [0, 0.1) is 12.7 Å². The van der Waals surface area contributed by atoms with Crippen LogP contribution in [0.25, 0.3) is 11.0 Å². The number of piperidine rings is 1. The first-order valence-corrected chi connectivity index (χ1v) is 12.0. The normalized spacial score (nSPS) is 17.7. The second kappa shape index (κ2) is 9.14. The Kier molecular flexibility index (Phi) is 6.09. The van der Waals surface area contributed by atoms with E-state index in [-0.39, 0.29) is 11.4 Å². The molecule has 0 radical (unpaired) electrons. The number of fused-ring (bicyclic) bond motifs is 2. The maximum atomic E-state index is 13.4. The topological polar surface area (TPSA) is 64.2 Å². The molecule has 5 rings (SSSR count). The number of benzene rings is 1. The van der Waals surface area contributed by atoms with Crippen LogP contribution in [0.15, 0.2) is 27.5 Å². The van der Waals surface area contributed by atoms with Crippen LogP contribution in [0.3, 0.4) is 0 Å².